The average molecular weight is 407 g/mol. The number of rotatable bonds is 6. The van der Waals surface area contributed by atoms with Crippen LogP contribution < -0.4 is 0 Å². The molecule has 0 spiro atoms. The van der Waals surface area contributed by atoms with Gasteiger partial charge in [0, 0.05) is 25.0 Å². The Balaban J connectivity index is 1.75. The van der Waals surface area contributed by atoms with Crippen LogP contribution in [0.25, 0.3) is 11.4 Å². The van der Waals surface area contributed by atoms with Crippen molar-refractivity contribution in [2.24, 2.45) is 0 Å². The summed E-state index contributed by atoms with van der Waals surface area (Å²) >= 11 is 1.51. The fourth-order valence-corrected chi connectivity index (χ4v) is 3.78. The van der Waals surface area contributed by atoms with Gasteiger partial charge in [-0.3, -0.25) is 0 Å². The van der Waals surface area contributed by atoms with E-state index in [1.807, 2.05) is 16.8 Å². The summed E-state index contributed by atoms with van der Waals surface area (Å²) in [5, 5.41) is 7.60. The zero-order chi connectivity index (χ0) is 19.6. The number of carbonyl (C=O) groups excluding carboxylic acids is 1. The molecule has 1 aromatic carbocycles. The molecule has 0 radical (unpaired) electrons. The van der Waals surface area contributed by atoms with Gasteiger partial charge in [-0.2, -0.15) is 16.3 Å². The number of ether oxygens (including phenoxy) is 1. The molecule has 27 heavy (non-hydrogen) atoms. The van der Waals surface area contributed by atoms with Gasteiger partial charge in [-0.1, -0.05) is 11.2 Å². The number of benzene rings is 1. The van der Waals surface area contributed by atoms with Gasteiger partial charge in [0.2, 0.25) is 15.8 Å². The molecule has 0 amide bonds. The summed E-state index contributed by atoms with van der Waals surface area (Å²) < 4.78 is 35.9. The van der Waals surface area contributed by atoms with Gasteiger partial charge in [-0.25, -0.2) is 17.5 Å². The highest BCUT2D eigenvalue weighted by atomic mass is 32.2. The highest BCUT2D eigenvalue weighted by Gasteiger charge is 2.21. The van der Waals surface area contributed by atoms with Crippen LogP contribution in [0, 0.1) is 6.92 Å². The van der Waals surface area contributed by atoms with Gasteiger partial charge in [0.05, 0.1) is 10.5 Å². The molecular weight excluding hydrogens is 390 g/mol. The molecule has 0 aliphatic carbocycles. The molecule has 10 heteroatoms. The third-order valence-electron chi connectivity index (χ3n) is 3.78. The summed E-state index contributed by atoms with van der Waals surface area (Å²) in [5.74, 6) is -0.101. The lowest BCUT2D eigenvalue weighted by Gasteiger charge is -2.13. The van der Waals surface area contributed by atoms with Crippen molar-refractivity contribution in [2.45, 2.75) is 18.4 Å². The van der Waals surface area contributed by atoms with Crippen molar-refractivity contribution < 1.29 is 22.5 Å². The minimum atomic E-state index is -3.65. The molecule has 3 rings (SSSR count). The van der Waals surface area contributed by atoms with Crippen LogP contribution in [0.5, 0.6) is 0 Å². The maximum Gasteiger partial charge on any atom is 0.338 e. The first-order valence-electron chi connectivity index (χ1n) is 7.84. The number of nitrogens with zero attached hydrogens (tertiary/aromatic N) is 3. The molecular formula is C17H17N3O5S2. The lowest BCUT2D eigenvalue weighted by molar-refractivity contribution is 0.0428. The minimum Gasteiger partial charge on any atom is -0.452 e. The lowest BCUT2D eigenvalue weighted by atomic mass is 10.1. The molecule has 3 aromatic rings. The Bertz CT molecular complexity index is 1060. The molecule has 0 bridgehead atoms. The summed E-state index contributed by atoms with van der Waals surface area (Å²) in [6.07, 6.45) is 0. The average Bonchev–Trinajstić information content (AvgIpc) is 3.31. The Labute approximate surface area is 160 Å². The van der Waals surface area contributed by atoms with Crippen molar-refractivity contribution in [3.05, 3.63) is 52.0 Å². The Kier molecular flexibility index (Phi) is 5.40. The Morgan fingerprint density at radius 3 is 2.74 bits per heavy atom. The smallest absolute Gasteiger partial charge is 0.338 e. The molecule has 2 heterocycles. The summed E-state index contributed by atoms with van der Waals surface area (Å²) in [6.45, 7) is 1.49. The van der Waals surface area contributed by atoms with Crippen molar-refractivity contribution in [3.8, 4) is 11.4 Å². The molecule has 0 N–H and O–H groups in total. The van der Waals surface area contributed by atoms with Gasteiger partial charge in [-0.05, 0) is 36.1 Å². The summed E-state index contributed by atoms with van der Waals surface area (Å²) in [4.78, 5) is 16.6. The number of esters is 1. The van der Waals surface area contributed by atoms with E-state index in [-0.39, 0.29) is 23.0 Å². The first-order valence-corrected chi connectivity index (χ1v) is 10.2. The predicted octanol–water partition coefficient (Wildman–Crippen LogP) is 2.71. The van der Waals surface area contributed by atoms with Crippen molar-refractivity contribution in [2.75, 3.05) is 14.1 Å². The number of sulfonamides is 1. The highest BCUT2D eigenvalue weighted by Crippen LogP contribution is 2.21. The number of thiophene rings is 1. The minimum absolute atomic E-state index is 0.0163. The first-order chi connectivity index (χ1) is 12.8. The first kappa shape index (κ1) is 19.2. The molecule has 142 valence electrons. The van der Waals surface area contributed by atoms with E-state index < -0.39 is 16.0 Å². The summed E-state index contributed by atoms with van der Waals surface area (Å²) in [7, 11) is -0.804. The van der Waals surface area contributed by atoms with Crippen LogP contribution in [-0.2, 0) is 21.4 Å². The summed E-state index contributed by atoms with van der Waals surface area (Å²) in [5.41, 5.74) is 1.58. The normalized spacial score (nSPS) is 11.7. The Morgan fingerprint density at radius 2 is 2.07 bits per heavy atom. The Morgan fingerprint density at radius 1 is 1.30 bits per heavy atom. The second-order valence-electron chi connectivity index (χ2n) is 5.86. The van der Waals surface area contributed by atoms with Gasteiger partial charge >= 0.3 is 5.97 Å². The van der Waals surface area contributed by atoms with Gasteiger partial charge in [0.25, 0.3) is 5.89 Å². The monoisotopic (exact) mass is 407 g/mol. The zero-order valence-corrected chi connectivity index (χ0v) is 16.5. The van der Waals surface area contributed by atoms with Crippen molar-refractivity contribution >= 4 is 27.3 Å². The van der Waals surface area contributed by atoms with Crippen LogP contribution in [0.15, 0.2) is 44.4 Å². The third-order valence-corrected chi connectivity index (χ3v) is 6.28. The number of hydrogen-bond donors (Lipinski definition) is 0. The van der Waals surface area contributed by atoms with E-state index >= 15 is 0 Å². The van der Waals surface area contributed by atoms with E-state index in [0.717, 1.165) is 9.87 Å². The van der Waals surface area contributed by atoms with Crippen LogP contribution in [0.2, 0.25) is 0 Å². The van der Waals surface area contributed by atoms with E-state index in [4.69, 9.17) is 9.26 Å². The molecule has 0 saturated carbocycles. The zero-order valence-electron chi connectivity index (χ0n) is 14.9. The van der Waals surface area contributed by atoms with E-state index in [1.165, 1.54) is 37.6 Å². The van der Waals surface area contributed by atoms with Gasteiger partial charge in [0.15, 0.2) is 6.61 Å². The quantitative estimate of drug-likeness (QED) is 0.579. The lowest BCUT2D eigenvalue weighted by Crippen LogP contribution is -2.22. The molecule has 2 aromatic heterocycles. The number of aromatic nitrogens is 2. The van der Waals surface area contributed by atoms with Crippen molar-refractivity contribution in [3.63, 3.8) is 0 Å². The number of hydrogen-bond acceptors (Lipinski definition) is 8. The SMILES string of the molecule is Cc1ccc(S(=O)(=O)N(C)C)cc1C(=O)OCc1nc(-c2ccsc2)no1. The number of carbonyl (C=O) groups is 1. The molecule has 0 aliphatic rings. The Hall–Kier alpha value is -2.56. The second kappa shape index (κ2) is 7.59. The molecule has 0 fully saturated rings. The topological polar surface area (TPSA) is 103 Å². The maximum atomic E-state index is 12.4. The van der Waals surface area contributed by atoms with Gasteiger partial charge in [0.1, 0.15) is 0 Å². The van der Waals surface area contributed by atoms with E-state index in [0.29, 0.717) is 11.4 Å². The molecule has 0 saturated heterocycles. The number of aryl methyl sites for hydroxylation is 1. The van der Waals surface area contributed by atoms with Crippen LogP contribution >= 0.6 is 11.3 Å². The van der Waals surface area contributed by atoms with Crippen LogP contribution in [0.4, 0.5) is 0 Å². The molecule has 8 nitrogen and oxygen atoms in total. The van der Waals surface area contributed by atoms with Gasteiger partial charge < -0.3 is 9.26 Å². The van der Waals surface area contributed by atoms with E-state index in [1.54, 1.807) is 13.0 Å². The molecule has 0 atom stereocenters. The fourth-order valence-electron chi connectivity index (χ4n) is 2.22. The third kappa shape index (κ3) is 4.07. The fraction of sp³-hybridized carbons (Fsp3) is 0.235. The van der Waals surface area contributed by atoms with E-state index in [2.05, 4.69) is 10.1 Å². The van der Waals surface area contributed by atoms with Gasteiger partial charge in [-0.15, -0.1) is 0 Å². The predicted molar refractivity (Wildman–Crippen MR) is 98.8 cm³/mol. The second-order valence-corrected chi connectivity index (χ2v) is 8.80. The molecule has 0 unspecified atom stereocenters. The van der Waals surface area contributed by atoms with Crippen molar-refractivity contribution in [1.82, 2.24) is 14.4 Å². The van der Waals surface area contributed by atoms with E-state index in [9.17, 15) is 13.2 Å². The standard InChI is InChI=1S/C17H17N3O5S2/c1-11-4-5-13(27(22,23)20(2)3)8-14(11)17(21)24-9-15-18-16(19-25-15)12-6-7-26-10-12/h4-8,10H,9H2,1-3H3. The largest absolute Gasteiger partial charge is 0.452 e. The maximum absolute atomic E-state index is 12.4. The van der Waals surface area contributed by atoms with Crippen LogP contribution in [-0.4, -0.2) is 42.9 Å². The van der Waals surface area contributed by atoms with Crippen LogP contribution in [0.3, 0.4) is 0 Å². The highest BCUT2D eigenvalue weighted by molar-refractivity contribution is 7.89. The van der Waals surface area contributed by atoms with Crippen molar-refractivity contribution in [1.29, 1.82) is 0 Å². The van der Waals surface area contributed by atoms with Crippen LogP contribution in [0.1, 0.15) is 21.8 Å². The summed E-state index contributed by atoms with van der Waals surface area (Å²) in [6, 6.07) is 6.17. The molecule has 0 aliphatic heterocycles.